The molecular formula is C17H13BrF3NO4S. The van der Waals surface area contributed by atoms with Gasteiger partial charge in [0.15, 0.2) is 0 Å². The van der Waals surface area contributed by atoms with Gasteiger partial charge in [0, 0.05) is 22.0 Å². The Balaban J connectivity index is 1.80. The minimum Gasteiger partial charge on any atom is -0.493 e. The van der Waals surface area contributed by atoms with Crippen LogP contribution in [0.3, 0.4) is 0 Å². The lowest BCUT2D eigenvalue weighted by molar-refractivity contribution is -0.0436. The highest BCUT2D eigenvalue weighted by atomic mass is 79.9. The third kappa shape index (κ3) is 3.96. The molecule has 10 heteroatoms. The lowest BCUT2D eigenvalue weighted by atomic mass is 10.00. The first-order chi connectivity index (χ1) is 12.6. The summed E-state index contributed by atoms with van der Waals surface area (Å²) in [4.78, 5) is 11.5. The van der Waals surface area contributed by atoms with Crippen LogP contribution in [0.25, 0.3) is 0 Å². The van der Waals surface area contributed by atoms with E-state index < -0.39 is 26.1 Å². The smallest absolute Gasteiger partial charge is 0.493 e. The van der Waals surface area contributed by atoms with Gasteiger partial charge in [-0.15, -0.1) is 0 Å². The molecule has 0 aromatic heterocycles. The van der Waals surface area contributed by atoms with Crippen molar-refractivity contribution in [3.63, 3.8) is 0 Å². The summed E-state index contributed by atoms with van der Waals surface area (Å²) in [5.41, 5.74) is -4.56. The van der Waals surface area contributed by atoms with Crippen LogP contribution in [0.4, 0.5) is 13.2 Å². The van der Waals surface area contributed by atoms with Crippen molar-refractivity contribution in [3.8, 4) is 5.75 Å². The van der Waals surface area contributed by atoms with Crippen molar-refractivity contribution in [2.24, 2.45) is 0 Å². The summed E-state index contributed by atoms with van der Waals surface area (Å²) >= 11 is 3.35. The van der Waals surface area contributed by atoms with E-state index >= 15 is 0 Å². The number of benzene rings is 2. The Morgan fingerprint density at radius 3 is 2.44 bits per heavy atom. The van der Waals surface area contributed by atoms with Crippen LogP contribution >= 0.6 is 15.9 Å². The molecule has 144 valence electrons. The van der Waals surface area contributed by atoms with Crippen molar-refractivity contribution in [1.82, 2.24) is 5.32 Å². The number of hydrogen-bond acceptors (Lipinski definition) is 4. The lowest BCUT2D eigenvalue weighted by Crippen LogP contribution is -2.32. The first-order valence-corrected chi connectivity index (χ1v) is 10.0. The Bertz CT molecular complexity index is 975. The number of halogens is 4. The van der Waals surface area contributed by atoms with E-state index in [0.29, 0.717) is 18.8 Å². The number of carbonyl (C=O) groups is 1. The van der Waals surface area contributed by atoms with Gasteiger partial charge in [-0.3, -0.25) is 4.79 Å². The van der Waals surface area contributed by atoms with Gasteiger partial charge in [0.1, 0.15) is 5.75 Å². The summed E-state index contributed by atoms with van der Waals surface area (Å²) in [5, 5.41) is 2.80. The maximum Gasteiger partial charge on any atom is 0.501 e. The fourth-order valence-electron chi connectivity index (χ4n) is 2.68. The number of fused-ring (bicyclic) bond motifs is 1. The standard InChI is InChI=1S/C17H13BrF3NO4S/c18-11-3-6-15-13(9-11)14(7-8-26-15)22-16(23)10-1-4-12(5-2-10)27(24,25)17(19,20)21/h1-6,9,14H,7-8H2,(H,22,23). The number of nitrogens with one attached hydrogen (secondary N) is 1. The van der Waals surface area contributed by atoms with Crippen LogP contribution in [0.1, 0.15) is 28.4 Å². The Labute approximate surface area is 161 Å². The van der Waals surface area contributed by atoms with Gasteiger partial charge in [0.05, 0.1) is 17.5 Å². The predicted octanol–water partition coefficient (Wildman–Crippen LogP) is 4.00. The van der Waals surface area contributed by atoms with Crippen molar-refractivity contribution in [3.05, 3.63) is 58.1 Å². The molecule has 2 aromatic carbocycles. The van der Waals surface area contributed by atoms with Gasteiger partial charge in [0.25, 0.3) is 15.7 Å². The average Bonchev–Trinajstić information content (AvgIpc) is 2.61. The van der Waals surface area contributed by atoms with Crippen LogP contribution in [-0.4, -0.2) is 26.4 Å². The molecule has 0 fully saturated rings. The van der Waals surface area contributed by atoms with Crippen molar-refractivity contribution >= 4 is 31.7 Å². The Hall–Kier alpha value is -2.07. The van der Waals surface area contributed by atoms with E-state index in [2.05, 4.69) is 21.2 Å². The fourth-order valence-corrected chi connectivity index (χ4v) is 3.82. The minimum absolute atomic E-state index is 0.0548. The maximum absolute atomic E-state index is 12.6. The predicted molar refractivity (Wildman–Crippen MR) is 94.1 cm³/mol. The number of amides is 1. The number of carbonyl (C=O) groups excluding carboxylic acids is 1. The third-order valence-electron chi connectivity index (χ3n) is 4.05. The fraction of sp³-hybridized carbons (Fsp3) is 0.235. The maximum atomic E-state index is 12.6. The van der Waals surface area contributed by atoms with E-state index in [-0.39, 0.29) is 11.6 Å². The van der Waals surface area contributed by atoms with Crippen LogP contribution < -0.4 is 10.1 Å². The Kier molecular flexibility index (Phi) is 5.22. The van der Waals surface area contributed by atoms with Crippen molar-refractivity contribution < 1.29 is 31.1 Å². The zero-order chi connectivity index (χ0) is 19.8. The highest BCUT2D eigenvalue weighted by molar-refractivity contribution is 9.10. The molecule has 0 spiro atoms. The van der Waals surface area contributed by atoms with Crippen LogP contribution in [-0.2, 0) is 9.84 Å². The molecular weight excluding hydrogens is 451 g/mol. The molecule has 0 bridgehead atoms. The van der Waals surface area contributed by atoms with E-state index in [1.807, 2.05) is 12.1 Å². The lowest BCUT2D eigenvalue weighted by Gasteiger charge is -2.27. The van der Waals surface area contributed by atoms with Crippen molar-refractivity contribution in [2.45, 2.75) is 22.9 Å². The number of rotatable bonds is 3. The molecule has 2 aromatic rings. The second-order valence-electron chi connectivity index (χ2n) is 5.82. The molecule has 0 radical (unpaired) electrons. The molecule has 27 heavy (non-hydrogen) atoms. The second kappa shape index (κ2) is 7.16. The quantitative estimate of drug-likeness (QED) is 0.746. The first kappa shape index (κ1) is 19.7. The second-order valence-corrected chi connectivity index (χ2v) is 8.68. The third-order valence-corrected chi connectivity index (χ3v) is 6.04. The summed E-state index contributed by atoms with van der Waals surface area (Å²) in [5.74, 6) is 0.116. The van der Waals surface area contributed by atoms with Gasteiger partial charge in [-0.25, -0.2) is 8.42 Å². The van der Waals surface area contributed by atoms with Crippen molar-refractivity contribution in [1.29, 1.82) is 0 Å². The SMILES string of the molecule is O=C(NC1CCOc2ccc(Br)cc21)c1ccc(S(=O)(=O)C(F)(F)F)cc1. The summed E-state index contributed by atoms with van der Waals surface area (Å²) in [6, 6.07) is 8.70. The normalized spacial score (nSPS) is 17.0. The van der Waals surface area contributed by atoms with Gasteiger partial charge in [0.2, 0.25) is 0 Å². The summed E-state index contributed by atoms with van der Waals surface area (Å²) in [6.07, 6.45) is 0.524. The molecule has 1 N–H and O–H groups in total. The Morgan fingerprint density at radius 2 is 1.81 bits per heavy atom. The topological polar surface area (TPSA) is 72.5 Å². The highest BCUT2D eigenvalue weighted by Crippen LogP contribution is 2.34. The molecule has 3 rings (SSSR count). The Morgan fingerprint density at radius 1 is 1.15 bits per heavy atom. The van der Waals surface area contributed by atoms with E-state index in [9.17, 15) is 26.4 Å². The van der Waals surface area contributed by atoms with E-state index in [1.165, 1.54) is 0 Å². The molecule has 0 saturated heterocycles. The van der Waals surface area contributed by atoms with Gasteiger partial charge >= 0.3 is 5.51 Å². The summed E-state index contributed by atoms with van der Waals surface area (Å²) < 4.78 is 66.8. The van der Waals surface area contributed by atoms with Crippen LogP contribution in [0.5, 0.6) is 5.75 Å². The van der Waals surface area contributed by atoms with E-state index in [1.54, 1.807) is 6.07 Å². The first-order valence-electron chi connectivity index (χ1n) is 7.74. The molecule has 0 aliphatic carbocycles. The largest absolute Gasteiger partial charge is 0.501 e. The van der Waals surface area contributed by atoms with Crippen molar-refractivity contribution in [2.75, 3.05) is 6.61 Å². The number of sulfone groups is 1. The minimum atomic E-state index is -5.44. The molecule has 0 saturated carbocycles. The molecule has 1 aliphatic rings. The zero-order valence-corrected chi connectivity index (χ0v) is 16.0. The summed E-state index contributed by atoms with van der Waals surface area (Å²) in [6.45, 7) is 0.405. The van der Waals surface area contributed by atoms with Gasteiger partial charge in [-0.05, 0) is 42.5 Å². The molecule has 5 nitrogen and oxygen atoms in total. The summed E-state index contributed by atoms with van der Waals surface area (Å²) in [7, 11) is -5.44. The molecule has 1 unspecified atom stereocenters. The van der Waals surface area contributed by atoms with Gasteiger partial charge < -0.3 is 10.1 Å². The number of hydrogen-bond donors (Lipinski definition) is 1. The highest BCUT2D eigenvalue weighted by Gasteiger charge is 2.46. The van der Waals surface area contributed by atoms with Gasteiger partial charge in [-0.1, -0.05) is 15.9 Å². The van der Waals surface area contributed by atoms with E-state index in [0.717, 1.165) is 34.3 Å². The monoisotopic (exact) mass is 463 g/mol. The van der Waals surface area contributed by atoms with Crippen LogP contribution in [0.2, 0.25) is 0 Å². The number of alkyl halides is 3. The zero-order valence-electron chi connectivity index (χ0n) is 13.6. The molecule has 1 atom stereocenters. The molecule has 1 amide bonds. The molecule has 1 aliphatic heterocycles. The van der Waals surface area contributed by atoms with E-state index in [4.69, 9.17) is 4.74 Å². The van der Waals surface area contributed by atoms with Gasteiger partial charge in [-0.2, -0.15) is 13.2 Å². The van der Waals surface area contributed by atoms with Crippen LogP contribution in [0, 0.1) is 0 Å². The number of ether oxygens (including phenoxy) is 1. The average molecular weight is 464 g/mol. The molecule has 1 heterocycles. The van der Waals surface area contributed by atoms with Crippen LogP contribution in [0.15, 0.2) is 51.8 Å².